The first kappa shape index (κ1) is 22.5. The van der Waals surface area contributed by atoms with Crippen LogP contribution in [-0.4, -0.2) is 22.2 Å². The molecule has 66 valence electrons. The van der Waals surface area contributed by atoms with Crippen molar-refractivity contribution in [1.29, 1.82) is 0 Å². The Balaban J connectivity index is -0.0000000300. The van der Waals surface area contributed by atoms with E-state index in [0.29, 0.717) is 0 Å². The summed E-state index contributed by atoms with van der Waals surface area (Å²) in [7, 11) is 0. The zero-order valence-corrected chi connectivity index (χ0v) is 7.51. The van der Waals surface area contributed by atoms with Crippen molar-refractivity contribution in [2.75, 3.05) is 0 Å². The molecule has 0 unspecified atom stereocenters. The summed E-state index contributed by atoms with van der Waals surface area (Å²) in [4.78, 5) is 18.0. The second-order valence-electron chi connectivity index (χ2n) is 1.04. The fourth-order valence-electron chi connectivity index (χ4n) is 0. The van der Waals surface area contributed by atoms with E-state index in [9.17, 15) is 0 Å². The van der Waals surface area contributed by atoms with E-state index >= 15 is 0 Å². The van der Waals surface area contributed by atoms with Crippen LogP contribution in [0.25, 0.3) is 0 Å². The predicted molar refractivity (Wildman–Crippen MR) is 26.6 cm³/mol. The molecular weight excluding hydrogens is 231 g/mol. The maximum absolute atomic E-state index is 9.00. The molecule has 0 heterocycles. The van der Waals surface area contributed by atoms with E-state index in [1.165, 1.54) is 0 Å². The molecule has 0 saturated heterocycles. The molecule has 0 aromatic heterocycles. The third kappa shape index (κ3) is 878000. The molecule has 2 N–H and O–H groups in total. The first-order valence-corrected chi connectivity index (χ1v) is 1.86. The van der Waals surface area contributed by atoms with Crippen molar-refractivity contribution in [3.05, 3.63) is 0 Å². The molecule has 0 aliphatic rings. The minimum atomic E-state index is -0.833. The maximum Gasteiger partial charge on any atom is 0.300 e. The molecule has 0 amide bonds. The molecule has 0 rings (SSSR count). The van der Waals surface area contributed by atoms with Gasteiger partial charge in [-0.25, -0.2) is 0 Å². The van der Waals surface area contributed by atoms with E-state index in [4.69, 9.17) is 19.8 Å². The van der Waals surface area contributed by atoms with E-state index < -0.39 is 11.9 Å². The third-order valence-electron chi connectivity index (χ3n) is 0. The van der Waals surface area contributed by atoms with Gasteiger partial charge >= 0.3 is 0 Å². The number of hydrogen-bond donors (Lipinski definition) is 2. The monoisotopic (exact) mass is 238 g/mol. The van der Waals surface area contributed by atoms with Crippen molar-refractivity contribution in [2.24, 2.45) is 0 Å². The zero-order chi connectivity index (χ0) is 7.15. The van der Waals surface area contributed by atoms with E-state index in [1.807, 2.05) is 0 Å². The van der Waals surface area contributed by atoms with E-state index in [1.54, 1.807) is 0 Å². The van der Waals surface area contributed by atoms with Crippen molar-refractivity contribution in [3.8, 4) is 0 Å². The molecule has 0 bridgehead atoms. The molecule has 0 spiro atoms. The van der Waals surface area contributed by atoms with Gasteiger partial charge in [-0.1, -0.05) is 0 Å². The van der Waals surface area contributed by atoms with E-state index in [0.717, 1.165) is 13.8 Å². The largest absolute Gasteiger partial charge is 0.481 e. The van der Waals surface area contributed by atoms with Gasteiger partial charge in [-0.3, -0.25) is 9.59 Å². The molecule has 2 radical (unpaired) electrons. The molecule has 0 atom stereocenters. The Morgan fingerprint density at radius 1 is 1.00 bits per heavy atom. The van der Waals surface area contributed by atoms with Gasteiger partial charge in [-0.15, -0.1) is 0 Å². The number of hydrogen-bond acceptors (Lipinski definition) is 2. The first-order valence-electron chi connectivity index (χ1n) is 1.86. The fourth-order valence-corrected chi connectivity index (χ4v) is 0. The predicted octanol–water partition coefficient (Wildman–Crippen LogP) is 0.177. The molecular formula is C4H8CuMnO4. The smallest absolute Gasteiger partial charge is 0.300 e. The number of carboxylic acids is 2. The summed E-state index contributed by atoms with van der Waals surface area (Å²) in [5.41, 5.74) is 0. The summed E-state index contributed by atoms with van der Waals surface area (Å²) in [6.45, 7) is 2.17. The molecule has 0 aliphatic carbocycles. The summed E-state index contributed by atoms with van der Waals surface area (Å²) < 4.78 is 0. The normalized spacial score (nSPS) is 5.00. The summed E-state index contributed by atoms with van der Waals surface area (Å²) >= 11 is 0. The van der Waals surface area contributed by atoms with Crippen LogP contribution in [0.1, 0.15) is 13.8 Å². The molecule has 0 aromatic rings. The second-order valence-corrected chi connectivity index (χ2v) is 1.04. The van der Waals surface area contributed by atoms with Crippen LogP contribution < -0.4 is 0 Å². The molecule has 6 heteroatoms. The first-order chi connectivity index (χ1) is 3.46. The average molecular weight is 239 g/mol. The van der Waals surface area contributed by atoms with Gasteiger partial charge in [0.2, 0.25) is 0 Å². The molecule has 10 heavy (non-hydrogen) atoms. The van der Waals surface area contributed by atoms with Gasteiger partial charge in [-0.2, -0.15) is 0 Å². The molecule has 0 aromatic carbocycles. The van der Waals surface area contributed by atoms with Crippen molar-refractivity contribution in [1.82, 2.24) is 0 Å². The fraction of sp³-hybridized carbons (Fsp3) is 0.500. The standard InChI is InChI=1S/2C2H4O2.Cu.Mn/c2*1-2(3)4;;/h2*1H3,(H,3,4);;. The van der Waals surface area contributed by atoms with Gasteiger partial charge in [0.25, 0.3) is 11.9 Å². The topological polar surface area (TPSA) is 74.6 Å². The maximum atomic E-state index is 9.00. The van der Waals surface area contributed by atoms with Gasteiger partial charge in [0.05, 0.1) is 0 Å². The van der Waals surface area contributed by atoms with Gasteiger partial charge in [0.1, 0.15) is 0 Å². The van der Waals surface area contributed by atoms with Crippen LogP contribution in [0.2, 0.25) is 0 Å². The number of aliphatic carboxylic acids is 2. The SMILES string of the molecule is CC(=O)O.CC(=O)O.[Cu].[Mn]. The van der Waals surface area contributed by atoms with Crippen molar-refractivity contribution in [2.45, 2.75) is 13.8 Å². The van der Waals surface area contributed by atoms with E-state index in [2.05, 4.69) is 0 Å². The van der Waals surface area contributed by atoms with Gasteiger partial charge in [-0.05, 0) is 0 Å². The summed E-state index contributed by atoms with van der Waals surface area (Å²) in [6.07, 6.45) is 0. The quantitative estimate of drug-likeness (QED) is 0.590. The minimum absolute atomic E-state index is 0. The van der Waals surface area contributed by atoms with Gasteiger partial charge < -0.3 is 10.2 Å². The van der Waals surface area contributed by atoms with Gasteiger partial charge in [0.15, 0.2) is 0 Å². The van der Waals surface area contributed by atoms with Crippen molar-refractivity contribution in [3.63, 3.8) is 0 Å². The molecule has 4 nitrogen and oxygen atoms in total. The summed E-state index contributed by atoms with van der Waals surface area (Å²) in [5, 5.41) is 14.8. The van der Waals surface area contributed by atoms with Crippen molar-refractivity contribution < 1.29 is 53.9 Å². The molecule has 0 saturated carbocycles. The Kier molecular flexibility index (Phi) is 36.0. The molecule has 0 aliphatic heterocycles. The summed E-state index contributed by atoms with van der Waals surface area (Å²) in [5.74, 6) is -1.67. The number of carbonyl (C=O) groups is 2. The minimum Gasteiger partial charge on any atom is -0.481 e. The Hall–Kier alpha value is -0.0210. The van der Waals surface area contributed by atoms with E-state index in [-0.39, 0.29) is 34.1 Å². The summed E-state index contributed by atoms with van der Waals surface area (Å²) in [6, 6.07) is 0. The Bertz CT molecular complexity index is 75.3. The van der Waals surface area contributed by atoms with Crippen molar-refractivity contribution >= 4 is 11.9 Å². The van der Waals surface area contributed by atoms with Crippen LogP contribution in [0.5, 0.6) is 0 Å². The third-order valence-corrected chi connectivity index (χ3v) is 0. The van der Waals surface area contributed by atoms with Crippen LogP contribution in [0, 0.1) is 0 Å². The van der Waals surface area contributed by atoms with Gasteiger partial charge in [0, 0.05) is 48.0 Å². The second kappa shape index (κ2) is 16.0. The number of carboxylic acid groups (broad SMARTS) is 2. The number of rotatable bonds is 0. The van der Waals surface area contributed by atoms with Crippen LogP contribution in [-0.2, 0) is 43.7 Å². The zero-order valence-electron chi connectivity index (χ0n) is 5.39. The van der Waals surface area contributed by atoms with Crippen LogP contribution >= 0.6 is 0 Å². The van der Waals surface area contributed by atoms with Crippen LogP contribution in [0.4, 0.5) is 0 Å². The molecule has 0 fully saturated rings. The average Bonchev–Trinajstić information content (AvgIpc) is 1.25. The Labute approximate surface area is 79.9 Å². The van der Waals surface area contributed by atoms with Crippen LogP contribution in [0.15, 0.2) is 0 Å². The Morgan fingerprint density at radius 3 is 1.00 bits per heavy atom. The Morgan fingerprint density at radius 2 is 1.00 bits per heavy atom. The van der Waals surface area contributed by atoms with Crippen LogP contribution in [0.3, 0.4) is 0 Å².